The van der Waals surface area contributed by atoms with Crippen molar-refractivity contribution in [3.63, 3.8) is 0 Å². The third kappa shape index (κ3) is 3.21. The zero-order valence-electron chi connectivity index (χ0n) is 16.7. The molecule has 148 valence electrons. The number of aromatic nitrogens is 5. The van der Waals surface area contributed by atoms with Gasteiger partial charge in [-0.3, -0.25) is 4.79 Å². The van der Waals surface area contributed by atoms with Crippen LogP contribution in [0.15, 0.2) is 41.5 Å². The van der Waals surface area contributed by atoms with E-state index >= 15 is 0 Å². The molecule has 1 aliphatic heterocycles. The minimum absolute atomic E-state index is 0.152. The van der Waals surface area contributed by atoms with E-state index in [1.54, 1.807) is 6.07 Å². The van der Waals surface area contributed by atoms with Crippen molar-refractivity contribution in [3.05, 3.63) is 64.0 Å². The van der Waals surface area contributed by atoms with Gasteiger partial charge >= 0.3 is 0 Å². The van der Waals surface area contributed by atoms with Gasteiger partial charge in [-0.2, -0.15) is 9.61 Å². The molecule has 0 atom stereocenters. The summed E-state index contributed by atoms with van der Waals surface area (Å²) in [6.45, 7) is 6.08. The van der Waals surface area contributed by atoms with Crippen LogP contribution in [-0.4, -0.2) is 37.1 Å². The third-order valence-corrected chi connectivity index (χ3v) is 5.72. The molecular formula is C22H24N6O. The molecule has 0 spiro atoms. The Morgan fingerprint density at radius 2 is 1.97 bits per heavy atom. The van der Waals surface area contributed by atoms with Crippen LogP contribution in [-0.2, 0) is 6.42 Å². The van der Waals surface area contributed by atoms with Crippen LogP contribution in [0.25, 0.3) is 22.6 Å². The molecule has 4 aromatic heterocycles. The van der Waals surface area contributed by atoms with Gasteiger partial charge in [-0.05, 0) is 63.0 Å². The van der Waals surface area contributed by atoms with E-state index < -0.39 is 0 Å². The number of nitrogens with one attached hydrogen (secondary N) is 1. The van der Waals surface area contributed by atoms with Gasteiger partial charge in [0.1, 0.15) is 5.65 Å². The molecule has 4 aromatic rings. The summed E-state index contributed by atoms with van der Waals surface area (Å²) in [5, 5.41) is 7.99. The molecule has 0 aliphatic carbocycles. The Bertz CT molecular complexity index is 1270. The molecule has 5 rings (SSSR count). The fourth-order valence-corrected chi connectivity index (χ4v) is 4.19. The van der Waals surface area contributed by atoms with Crippen LogP contribution < -0.4 is 10.9 Å². The summed E-state index contributed by atoms with van der Waals surface area (Å²) in [4.78, 5) is 22.2. The van der Waals surface area contributed by atoms with Gasteiger partial charge in [0.05, 0.1) is 17.1 Å². The van der Waals surface area contributed by atoms with E-state index in [4.69, 9.17) is 4.98 Å². The van der Waals surface area contributed by atoms with Gasteiger partial charge in [-0.15, -0.1) is 0 Å². The lowest BCUT2D eigenvalue weighted by Crippen LogP contribution is -2.28. The molecule has 7 nitrogen and oxygen atoms in total. The van der Waals surface area contributed by atoms with Crippen molar-refractivity contribution in [1.82, 2.24) is 29.3 Å². The average molecular weight is 388 g/mol. The predicted octanol–water partition coefficient (Wildman–Crippen LogP) is 2.74. The number of rotatable bonds is 3. The van der Waals surface area contributed by atoms with Crippen LogP contribution in [0.3, 0.4) is 0 Å². The van der Waals surface area contributed by atoms with Crippen LogP contribution >= 0.6 is 0 Å². The van der Waals surface area contributed by atoms with Crippen molar-refractivity contribution in [3.8, 4) is 11.3 Å². The number of piperidine rings is 1. The molecule has 0 amide bonds. The van der Waals surface area contributed by atoms with E-state index in [9.17, 15) is 4.79 Å². The first-order valence-electron chi connectivity index (χ1n) is 10.2. The molecule has 0 bridgehead atoms. The fraction of sp³-hybridized carbons (Fsp3) is 0.364. The first-order valence-corrected chi connectivity index (χ1v) is 10.2. The van der Waals surface area contributed by atoms with Gasteiger partial charge in [0.25, 0.3) is 5.56 Å². The fourth-order valence-electron chi connectivity index (χ4n) is 4.19. The Labute approximate surface area is 168 Å². The van der Waals surface area contributed by atoms with Crippen LogP contribution in [0.1, 0.15) is 42.6 Å². The minimum atomic E-state index is -0.152. The molecule has 0 saturated carbocycles. The Morgan fingerprint density at radius 1 is 1.14 bits per heavy atom. The van der Waals surface area contributed by atoms with Crippen molar-refractivity contribution in [2.75, 3.05) is 13.1 Å². The molecule has 1 aliphatic rings. The SMILES string of the molecule is CCc1cc(-c2cc(=O)n3nc(C4CCNCC4)ccc3n2)cn2cc(C)nc12. The lowest BCUT2D eigenvalue weighted by molar-refractivity contribution is 0.448. The zero-order chi connectivity index (χ0) is 20.0. The number of aryl methyl sites for hydroxylation is 2. The van der Waals surface area contributed by atoms with Crippen molar-refractivity contribution in [2.24, 2.45) is 0 Å². The number of imidazole rings is 1. The summed E-state index contributed by atoms with van der Waals surface area (Å²) in [6.07, 6.45) is 6.94. The summed E-state index contributed by atoms with van der Waals surface area (Å²) < 4.78 is 3.45. The number of hydrogen-bond acceptors (Lipinski definition) is 5. The molecule has 29 heavy (non-hydrogen) atoms. The first-order chi connectivity index (χ1) is 14.1. The zero-order valence-corrected chi connectivity index (χ0v) is 16.7. The molecule has 0 radical (unpaired) electrons. The summed E-state index contributed by atoms with van der Waals surface area (Å²) >= 11 is 0. The van der Waals surface area contributed by atoms with E-state index in [1.165, 1.54) is 4.52 Å². The summed E-state index contributed by atoms with van der Waals surface area (Å²) in [5.41, 5.74) is 6.03. The maximum Gasteiger partial charge on any atom is 0.275 e. The quantitative estimate of drug-likeness (QED) is 0.584. The lowest BCUT2D eigenvalue weighted by atomic mass is 9.94. The molecule has 0 aromatic carbocycles. The Morgan fingerprint density at radius 3 is 2.76 bits per heavy atom. The largest absolute Gasteiger partial charge is 0.317 e. The Kier molecular flexibility index (Phi) is 4.39. The van der Waals surface area contributed by atoms with E-state index in [-0.39, 0.29) is 5.56 Å². The van der Waals surface area contributed by atoms with Gasteiger partial charge in [0, 0.05) is 29.9 Å². The van der Waals surface area contributed by atoms with Crippen LogP contribution in [0.5, 0.6) is 0 Å². The molecule has 1 N–H and O–H groups in total. The summed E-state index contributed by atoms with van der Waals surface area (Å²) in [7, 11) is 0. The molecule has 0 unspecified atom stereocenters. The van der Waals surface area contributed by atoms with Crippen LogP contribution in [0.4, 0.5) is 0 Å². The predicted molar refractivity (Wildman–Crippen MR) is 112 cm³/mol. The standard InChI is InChI=1S/C22H24N6O/c1-3-15-10-17(13-27-12-14(2)24-22(15)27)19-11-21(29)28-20(25-19)5-4-18(26-28)16-6-8-23-9-7-16/h4-5,10-13,16,23H,3,6-9H2,1-2H3. The Balaban J connectivity index is 1.61. The normalized spacial score (nSPS) is 15.4. The van der Waals surface area contributed by atoms with Gasteiger partial charge in [-0.25, -0.2) is 9.97 Å². The Hall–Kier alpha value is -3.06. The third-order valence-electron chi connectivity index (χ3n) is 5.72. The lowest BCUT2D eigenvalue weighted by Gasteiger charge is -2.22. The van der Waals surface area contributed by atoms with E-state index in [0.717, 1.165) is 60.5 Å². The number of nitrogens with zero attached hydrogens (tertiary/aromatic N) is 5. The summed E-state index contributed by atoms with van der Waals surface area (Å²) in [6, 6.07) is 7.59. The topological polar surface area (TPSA) is 76.6 Å². The molecular weight excluding hydrogens is 364 g/mol. The van der Waals surface area contributed by atoms with Crippen molar-refractivity contribution >= 4 is 11.3 Å². The number of hydrogen-bond donors (Lipinski definition) is 1. The van der Waals surface area contributed by atoms with Crippen molar-refractivity contribution < 1.29 is 0 Å². The maximum absolute atomic E-state index is 12.9. The second-order valence-corrected chi connectivity index (χ2v) is 7.75. The second kappa shape index (κ2) is 7.08. The number of pyridine rings is 1. The number of fused-ring (bicyclic) bond motifs is 2. The van der Waals surface area contributed by atoms with Crippen LogP contribution in [0, 0.1) is 6.92 Å². The highest BCUT2D eigenvalue weighted by molar-refractivity contribution is 5.65. The monoisotopic (exact) mass is 388 g/mol. The average Bonchev–Trinajstić information content (AvgIpc) is 3.13. The van der Waals surface area contributed by atoms with E-state index in [0.29, 0.717) is 17.3 Å². The summed E-state index contributed by atoms with van der Waals surface area (Å²) in [5.74, 6) is 0.395. The highest BCUT2D eigenvalue weighted by atomic mass is 16.1. The van der Waals surface area contributed by atoms with Gasteiger partial charge < -0.3 is 9.72 Å². The van der Waals surface area contributed by atoms with Gasteiger partial charge in [0.15, 0.2) is 5.65 Å². The molecule has 1 fully saturated rings. The van der Waals surface area contributed by atoms with E-state index in [1.807, 2.05) is 35.9 Å². The van der Waals surface area contributed by atoms with Crippen LogP contribution in [0.2, 0.25) is 0 Å². The smallest absolute Gasteiger partial charge is 0.275 e. The first kappa shape index (κ1) is 18.0. The highest BCUT2D eigenvalue weighted by Crippen LogP contribution is 2.24. The molecule has 7 heteroatoms. The van der Waals surface area contributed by atoms with Crippen molar-refractivity contribution in [2.45, 2.75) is 39.0 Å². The molecule has 1 saturated heterocycles. The minimum Gasteiger partial charge on any atom is -0.317 e. The second-order valence-electron chi connectivity index (χ2n) is 7.75. The molecule has 5 heterocycles. The van der Waals surface area contributed by atoms with Gasteiger partial charge in [-0.1, -0.05) is 6.92 Å². The van der Waals surface area contributed by atoms with E-state index in [2.05, 4.69) is 28.4 Å². The highest BCUT2D eigenvalue weighted by Gasteiger charge is 2.18. The van der Waals surface area contributed by atoms with Crippen molar-refractivity contribution in [1.29, 1.82) is 0 Å². The van der Waals surface area contributed by atoms with Gasteiger partial charge in [0.2, 0.25) is 0 Å². The maximum atomic E-state index is 12.9.